The maximum absolute atomic E-state index is 11.2. The van der Waals surface area contributed by atoms with Gasteiger partial charge < -0.3 is 11.1 Å². The number of rotatable bonds is 5. The van der Waals surface area contributed by atoms with Crippen molar-refractivity contribution in [3.05, 3.63) is 29.8 Å². The van der Waals surface area contributed by atoms with Crippen LogP contribution in [0.2, 0.25) is 0 Å². The van der Waals surface area contributed by atoms with Crippen LogP contribution in [0.3, 0.4) is 0 Å². The maximum atomic E-state index is 11.2. The molecular formula is C12H18N2O. The van der Waals surface area contributed by atoms with E-state index in [1.165, 1.54) is 5.56 Å². The lowest BCUT2D eigenvalue weighted by atomic mass is 10.1. The van der Waals surface area contributed by atoms with Gasteiger partial charge in [0.1, 0.15) is 0 Å². The van der Waals surface area contributed by atoms with E-state index in [0.717, 1.165) is 18.5 Å². The molecule has 1 aromatic carbocycles. The fraction of sp³-hybridized carbons (Fsp3) is 0.417. The van der Waals surface area contributed by atoms with Crippen molar-refractivity contribution in [1.29, 1.82) is 0 Å². The molecule has 0 atom stereocenters. The molecule has 0 saturated carbocycles. The van der Waals surface area contributed by atoms with Crippen molar-refractivity contribution < 1.29 is 4.79 Å². The van der Waals surface area contributed by atoms with Crippen LogP contribution in [0.5, 0.6) is 0 Å². The number of hydrogen-bond donors (Lipinski definition) is 2. The summed E-state index contributed by atoms with van der Waals surface area (Å²) in [5, 5.41) is 2.84. The molecule has 0 heterocycles. The summed E-state index contributed by atoms with van der Waals surface area (Å²) >= 11 is 0. The number of nitrogens with one attached hydrogen (secondary N) is 1. The third-order valence-corrected chi connectivity index (χ3v) is 2.20. The van der Waals surface area contributed by atoms with Crippen LogP contribution in [-0.4, -0.2) is 12.5 Å². The minimum atomic E-state index is 0.0472. The van der Waals surface area contributed by atoms with Gasteiger partial charge in [0.05, 0.1) is 0 Å². The Kier molecular flexibility index (Phi) is 4.84. The van der Waals surface area contributed by atoms with Gasteiger partial charge >= 0.3 is 0 Å². The van der Waals surface area contributed by atoms with Crippen LogP contribution in [0.1, 0.15) is 25.3 Å². The number of amides is 1. The lowest BCUT2D eigenvalue weighted by Gasteiger charge is -2.05. The smallest absolute Gasteiger partial charge is 0.224 e. The van der Waals surface area contributed by atoms with E-state index < -0.39 is 0 Å². The molecule has 1 amide bonds. The summed E-state index contributed by atoms with van der Waals surface area (Å²) in [6, 6.07) is 7.91. The Balaban J connectivity index is 2.61. The number of aryl methyl sites for hydroxylation is 1. The fourth-order valence-corrected chi connectivity index (χ4v) is 1.36. The predicted molar refractivity (Wildman–Crippen MR) is 62.7 cm³/mol. The zero-order chi connectivity index (χ0) is 11.1. The molecule has 1 rings (SSSR count). The number of nitrogens with two attached hydrogens (primary N) is 1. The highest BCUT2D eigenvalue weighted by atomic mass is 16.1. The number of hydrogen-bond acceptors (Lipinski definition) is 2. The summed E-state index contributed by atoms with van der Waals surface area (Å²) in [7, 11) is 0. The van der Waals surface area contributed by atoms with Crippen molar-refractivity contribution in [2.45, 2.75) is 26.2 Å². The van der Waals surface area contributed by atoms with Gasteiger partial charge in [0.15, 0.2) is 0 Å². The van der Waals surface area contributed by atoms with Gasteiger partial charge in [0, 0.05) is 12.1 Å². The van der Waals surface area contributed by atoms with Crippen molar-refractivity contribution in [2.75, 3.05) is 11.9 Å². The Hall–Kier alpha value is -1.35. The standard InChI is InChI=1S/C12H18N2O/c1-2-12(15)14-11-7-3-5-10(9-11)6-4-8-13/h3,5,7,9H,2,4,6,8,13H2,1H3,(H,14,15). The van der Waals surface area contributed by atoms with Gasteiger partial charge in [-0.3, -0.25) is 4.79 Å². The normalized spacial score (nSPS) is 10.0. The first-order valence-electron chi connectivity index (χ1n) is 5.35. The largest absolute Gasteiger partial charge is 0.330 e. The van der Waals surface area contributed by atoms with E-state index in [4.69, 9.17) is 5.73 Å². The molecule has 0 fully saturated rings. The van der Waals surface area contributed by atoms with Crippen LogP contribution in [0.4, 0.5) is 5.69 Å². The van der Waals surface area contributed by atoms with Gasteiger partial charge in [-0.2, -0.15) is 0 Å². The third-order valence-electron chi connectivity index (χ3n) is 2.20. The van der Waals surface area contributed by atoms with Crippen LogP contribution in [0, 0.1) is 0 Å². The van der Waals surface area contributed by atoms with Crippen LogP contribution in [0.25, 0.3) is 0 Å². The van der Waals surface area contributed by atoms with Gasteiger partial charge in [-0.25, -0.2) is 0 Å². The van der Waals surface area contributed by atoms with Crippen molar-refractivity contribution in [3.8, 4) is 0 Å². The highest BCUT2D eigenvalue weighted by molar-refractivity contribution is 5.90. The van der Waals surface area contributed by atoms with E-state index in [0.29, 0.717) is 13.0 Å². The Morgan fingerprint density at radius 2 is 2.27 bits per heavy atom. The average Bonchev–Trinajstić information content (AvgIpc) is 2.26. The number of anilines is 1. The molecule has 3 heteroatoms. The zero-order valence-corrected chi connectivity index (χ0v) is 9.12. The Morgan fingerprint density at radius 1 is 1.47 bits per heavy atom. The van der Waals surface area contributed by atoms with E-state index in [2.05, 4.69) is 11.4 Å². The minimum absolute atomic E-state index is 0.0472. The molecule has 0 bridgehead atoms. The summed E-state index contributed by atoms with van der Waals surface area (Å²) in [5.74, 6) is 0.0472. The maximum Gasteiger partial charge on any atom is 0.224 e. The Bertz CT molecular complexity index is 323. The second-order valence-corrected chi connectivity index (χ2v) is 3.49. The lowest BCUT2D eigenvalue weighted by Crippen LogP contribution is -2.09. The molecule has 0 unspecified atom stereocenters. The van der Waals surface area contributed by atoms with Gasteiger partial charge in [-0.1, -0.05) is 19.1 Å². The molecule has 0 aliphatic carbocycles. The van der Waals surface area contributed by atoms with Crippen molar-refractivity contribution >= 4 is 11.6 Å². The first-order chi connectivity index (χ1) is 7.26. The van der Waals surface area contributed by atoms with Crippen molar-refractivity contribution in [3.63, 3.8) is 0 Å². The van der Waals surface area contributed by atoms with Crippen LogP contribution >= 0.6 is 0 Å². The first-order valence-corrected chi connectivity index (χ1v) is 5.35. The molecule has 0 aromatic heterocycles. The molecular weight excluding hydrogens is 188 g/mol. The highest BCUT2D eigenvalue weighted by Crippen LogP contribution is 2.12. The van der Waals surface area contributed by atoms with Crippen molar-refractivity contribution in [2.24, 2.45) is 5.73 Å². The van der Waals surface area contributed by atoms with Crippen LogP contribution < -0.4 is 11.1 Å². The average molecular weight is 206 g/mol. The van der Waals surface area contributed by atoms with E-state index in [9.17, 15) is 4.79 Å². The lowest BCUT2D eigenvalue weighted by molar-refractivity contribution is -0.115. The second kappa shape index (κ2) is 6.19. The molecule has 0 aliphatic rings. The first kappa shape index (κ1) is 11.7. The van der Waals surface area contributed by atoms with Crippen LogP contribution in [-0.2, 0) is 11.2 Å². The minimum Gasteiger partial charge on any atom is -0.330 e. The number of carbonyl (C=O) groups is 1. The second-order valence-electron chi connectivity index (χ2n) is 3.49. The van der Waals surface area contributed by atoms with Crippen molar-refractivity contribution in [1.82, 2.24) is 0 Å². The van der Waals surface area contributed by atoms with E-state index in [1.54, 1.807) is 0 Å². The molecule has 0 aliphatic heterocycles. The molecule has 3 nitrogen and oxygen atoms in total. The third kappa shape index (κ3) is 4.13. The SMILES string of the molecule is CCC(=O)Nc1cccc(CCCN)c1. The summed E-state index contributed by atoms with van der Waals surface area (Å²) in [5.41, 5.74) is 7.54. The summed E-state index contributed by atoms with van der Waals surface area (Å²) in [6.45, 7) is 2.54. The predicted octanol–water partition coefficient (Wildman–Crippen LogP) is 1.93. The van der Waals surface area contributed by atoms with E-state index in [1.807, 2.05) is 25.1 Å². The molecule has 1 aromatic rings. The van der Waals surface area contributed by atoms with Gasteiger partial charge in [-0.05, 0) is 37.1 Å². The number of carbonyl (C=O) groups excluding carboxylic acids is 1. The zero-order valence-electron chi connectivity index (χ0n) is 9.12. The summed E-state index contributed by atoms with van der Waals surface area (Å²) in [4.78, 5) is 11.2. The molecule has 0 radical (unpaired) electrons. The molecule has 0 spiro atoms. The number of benzene rings is 1. The van der Waals surface area contributed by atoms with E-state index in [-0.39, 0.29) is 5.91 Å². The summed E-state index contributed by atoms with van der Waals surface area (Å²) < 4.78 is 0. The molecule has 0 saturated heterocycles. The summed E-state index contributed by atoms with van der Waals surface area (Å²) in [6.07, 6.45) is 2.45. The molecule has 82 valence electrons. The Morgan fingerprint density at radius 3 is 2.93 bits per heavy atom. The van der Waals surface area contributed by atoms with Gasteiger partial charge in [0.25, 0.3) is 0 Å². The molecule has 3 N–H and O–H groups in total. The topological polar surface area (TPSA) is 55.1 Å². The molecule has 15 heavy (non-hydrogen) atoms. The van der Waals surface area contributed by atoms with Crippen LogP contribution in [0.15, 0.2) is 24.3 Å². The fourth-order valence-electron chi connectivity index (χ4n) is 1.36. The quantitative estimate of drug-likeness (QED) is 0.773. The highest BCUT2D eigenvalue weighted by Gasteiger charge is 1.99. The monoisotopic (exact) mass is 206 g/mol. The van der Waals surface area contributed by atoms with E-state index >= 15 is 0 Å². The van der Waals surface area contributed by atoms with Gasteiger partial charge in [-0.15, -0.1) is 0 Å². The van der Waals surface area contributed by atoms with Gasteiger partial charge in [0.2, 0.25) is 5.91 Å². The Labute approximate surface area is 90.7 Å².